The highest BCUT2D eigenvalue weighted by atomic mass is 35.5. The van der Waals surface area contributed by atoms with E-state index in [0.717, 1.165) is 31.6 Å². The lowest BCUT2D eigenvalue weighted by Crippen LogP contribution is -2.47. The van der Waals surface area contributed by atoms with Gasteiger partial charge in [0.25, 0.3) is 0 Å². The number of nitrogens with zero attached hydrogens (tertiary/aromatic N) is 1. The number of esters is 1. The molecule has 1 saturated heterocycles. The number of hydrogen-bond acceptors (Lipinski definition) is 4. The van der Waals surface area contributed by atoms with Crippen LogP contribution in [0.25, 0.3) is 0 Å². The molecule has 0 spiro atoms. The van der Waals surface area contributed by atoms with Gasteiger partial charge in [-0.15, -0.1) is 0 Å². The lowest BCUT2D eigenvalue weighted by Gasteiger charge is -2.34. The predicted molar refractivity (Wildman–Crippen MR) is 90.5 cm³/mol. The van der Waals surface area contributed by atoms with Crippen molar-refractivity contribution in [1.29, 1.82) is 0 Å². The quantitative estimate of drug-likeness (QED) is 0.839. The van der Waals surface area contributed by atoms with Gasteiger partial charge in [-0.05, 0) is 64.0 Å². The molecule has 0 aliphatic carbocycles. The summed E-state index contributed by atoms with van der Waals surface area (Å²) in [6, 6.07) is 6.80. The number of carbonyl (C=O) groups is 2. The minimum absolute atomic E-state index is 0.0438. The molecular weight excluding hydrogens is 316 g/mol. The molecule has 0 aromatic heterocycles. The Kier molecular flexibility index (Phi) is 6.42. The first-order chi connectivity index (χ1) is 11.0. The van der Waals surface area contributed by atoms with E-state index in [1.165, 1.54) is 0 Å². The Bertz CT molecular complexity index is 539. The fourth-order valence-corrected chi connectivity index (χ4v) is 2.85. The van der Waals surface area contributed by atoms with Crippen LogP contribution in [0.5, 0.6) is 0 Å². The Morgan fingerprint density at radius 2 is 1.91 bits per heavy atom. The van der Waals surface area contributed by atoms with E-state index < -0.39 is 0 Å². The van der Waals surface area contributed by atoms with Gasteiger partial charge in [0.05, 0.1) is 18.6 Å². The first kappa shape index (κ1) is 17.8. The van der Waals surface area contributed by atoms with Gasteiger partial charge in [0, 0.05) is 10.7 Å². The van der Waals surface area contributed by atoms with Crippen molar-refractivity contribution >= 4 is 29.2 Å². The highest BCUT2D eigenvalue weighted by Gasteiger charge is 2.30. The maximum Gasteiger partial charge on any atom is 0.309 e. The Balaban J connectivity index is 1.84. The average Bonchev–Trinajstić information content (AvgIpc) is 2.56. The summed E-state index contributed by atoms with van der Waals surface area (Å²) in [5.41, 5.74) is 0.729. The van der Waals surface area contributed by atoms with Gasteiger partial charge in [-0.25, -0.2) is 0 Å². The van der Waals surface area contributed by atoms with E-state index in [9.17, 15) is 9.59 Å². The zero-order valence-electron chi connectivity index (χ0n) is 13.5. The third kappa shape index (κ3) is 4.94. The number of piperidine rings is 1. The molecule has 0 saturated carbocycles. The minimum atomic E-state index is -0.242. The molecule has 0 bridgehead atoms. The number of benzene rings is 1. The largest absolute Gasteiger partial charge is 0.466 e. The number of nitrogens with one attached hydrogen (secondary N) is 1. The molecule has 1 aliphatic heterocycles. The number of carbonyl (C=O) groups excluding carboxylic acids is 2. The molecule has 2 rings (SSSR count). The van der Waals surface area contributed by atoms with Gasteiger partial charge in [-0.3, -0.25) is 14.5 Å². The molecule has 6 heteroatoms. The van der Waals surface area contributed by atoms with Crippen LogP contribution in [-0.2, 0) is 14.3 Å². The van der Waals surface area contributed by atoms with Crippen molar-refractivity contribution in [3.63, 3.8) is 0 Å². The lowest BCUT2D eigenvalue weighted by molar-refractivity contribution is -0.149. The van der Waals surface area contributed by atoms with Crippen LogP contribution in [0, 0.1) is 5.92 Å². The number of hydrogen-bond donors (Lipinski definition) is 1. The normalized spacial score (nSPS) is 17.5. The summed E-state index contributed by atoms with van der Waals surface area (Å²) < 4.78 is 5.07. The summed E-state index contributed by atoms with van der Waals surface area (Å²) in [4.78, 5) is 26.2. The Morgan fingerprint density at radius 3 is 2.48 bits per heavy atom. The molecule has 1 amide bonds. The second kappa shape index (κ2) is 8.31. The monoisotopic (exact) mass is 338 g/mol. The molecular formula is C17H23ClN2O3. The molecule has 1 aromatic rings. The molecule has 5 nitrogen and oxygen atoms in total. The highest BCUT2D eigenvalue weighted by Crippen LogP contribution is 2.21. The third-order valence-corrected chi connectivity index (χ3v) is 4.44. The van der Waals surface area contributed by atoms with E-state index in [2.05, 4.69) is 10.2 Å². The van der Waals surface area contributed by atoms with Crippen LogP contribution in [-0.4, -0.2) is 42.5 Å². The smallest absolute Gasteiger partial charge is 0.309 e. The summed E-state index contributed by atoms with van der Waals surface area (Å²) in [6.07, 6.45) is 1.47. The standard InChI is InChI=1S/C17H23ClN2O3/c1-3-23-17(22)13-8-10-20(11-9-13)12(2)16(21)19-15-6-4-14(18)5-7-15/h4-7,12-13H,3,8-11H2,1-2H3,(H,19,21). The zero-order chi connectivity index (χ0) is 16.8. The van der Waals surface area contributed by atoms with E-state index in [0.29, 0.717) is 11.6 Å². The van der Waals surface area contributed by atoms with Crippen LogP contribution in [0.3, 0.4) is 0 Å². The van der Waals surface area contributed by atoms with Crippen LogP contribution < -0.4 is 5.32 Å². The van der Waals surface area contributed by atoms with Crippen LogP contribution in [0.1, 0.15) is 26.7 Å². The number of amides is 1. The summed E-state index contributed by atoms with van der Waals surface area (Å²) in [5.74, 6) is -0.218. The number of likely N-dealkylation sites (tertiary alicyclic amines) is 1. The van der Waals surface area contributed by atoms with Crippen molar-refractivity contribution in [3.8, 4) is 0 Å². The zero-order valence-corrected chi connectivity index (χ0v) is 14.3. The average molecular weight is 339 g/mol. The molecule has 1 atom stereocenters. The number of anilines is 1. The van der Waals surface area contributed by atoms with Crippen molar-refractivity contribution in [3.05, 3.63) is 29.3 Å². The Labute approximate surface area is 141 Å². The molecule has 1 heterocycles. The molecule has 1 N–H and O–H groups in total. The van der Waals surface area contributed by atoms with E-state index in [1.807, 2.05) is 13.8 Å². The second-order valence-electron chi connectivity index (χ2n) is 5.73. The van der Waals surface area contributed by atoms with Crippen molar-refractivity contribution < 1.29 is 14.3 Å². The maximum atomic E-state index is 12.3. The van der Waals surface area contributed by atoms with Gasteiger partial charge < -0.3 is 10.1 Å². The fourth-order valence-electron chi connectivity index (χ4n) is 2.73. The van der Waals surface area contributed by atoms with Crippen LogP contribution in [0.2, 0.25) is 5.02 Å². The number of halogens is 1. The SMILES string of the molecule is CCOC(=O)C1CCN(C(C)C(=O)Nc2ccc(Cl)cc2)CC1. The first-order valence-electron chi connectivity index (χ1n) is 7.98. The van der Waals surface area contributed by atoms with Crippen molar-refractivity contribution in [2.45, 2.75) is 32.7 Å². The van der Waals surface area contributed by atoms with Gasteiger partial charge in [0.15, 0.2) is 0 Å². The maximum absolute atomic E-state index is 12.3. The predicted octanol–water partition coefficient (Wildman–Crippen LogP) is 2.94. The van der Waals surface area contributed by atoms with Gasteiger partial charge in [0.1, 0.15) is 0 Å². The van der Waals surface area contributed by atoms with Crippen LogP contribution >= 0.6 is 11.6 Å². The molecule has 0 radical (unpaired) electrons. The Hall–Kier alpha value is -1.59. The van der Waals surface area contributed by atoms with Crippen molar-refractivity contribution in [2.75, 3.05) is 25.0 Å². The van der Waals surface area contributed by atoms with E-state index in [-0.39, 0.29) is 23.8 Å². The highest BCUT2D eigenvalue weighted by molar-refractivity contribution is 6.30. The van der Waals surface area contributed by atoms with E-state index >= 15 is 0 Å². The minimum Gasteiger partial charge on any atom is -0.466 e. The molecule has 1 unspecified atom stereocenters. The van der Waals surface area contributed by atoms with Crippen LogP contribution in [0.4, 0.5) is 5.69 Å². The van der Waals surface area contributed by atoms with Gasteiger partial charge in [0.2, 0.25) is 5.91 Å². The van der Waals surface area contributed by atoms with Crippen molar-refractivity contribution in [1.82, 2.24) is 4.90 Å². The van der Waals surface area contributed by atoms with Crippen molar-refractivity contribution in [2.24, 2.45) is 5.92 Å². The van der Waals surface area contributed by atoms with E-state index in [1.54, 1.807) is 24.3 Å². The third-order valence-electron chi connectivity index (χ3n) is 4.19. The molecule has 126 valence electrons. The van der Waals surface area contributed by atoms with E-state index in [4.69, 9.17) is 16.3 Å². The molecule has 1 aliphatic rings. The topological polar surface area (TPSA) is 58.6 Å². The summed E-state index contributed by atoms with van der Waals surface area (Å²) in [5, 5.41) is 3.53. The summed E-state index contributed by atoms with van der Waals surface area (Å²) in [6.45, 7) is 5.56. The molecule has 1 aromatic carbocycles. The fraction of sp³-hybridized carbons (Fsp3) is 0.529. The van der Waals surface area contributed by atoms with Crippen LogP contribution in [0.15, 0.2) is 24.3 Å². The summed E-state index contributed by atoms with van der Waals surface area (Å²) >= 11 is 5.84. The van der Waals surface area contributed by atoms with Gasteiger partial charge in [-0.1, -0.05) is 11.6 Å². The number of ether oxygens (including phenoxy) is 1. The molecule has 1 fully saturated rings. The summed E-state index contributed by atoms with van der Waals surface area (Å²) in [7, 11) is 0. The van der Waals surface area contributed by atoms with Gasteiger partial charge >= 0.3 is 5.97 Å². The number of rotatable bonds is 5. The second-order valence-corrected chi connectivity index (χ2v) is 6.17. The Morgan fingerprint density at radius 1 is 1.30 bits per heavy atom. The van der Waals surface area contributed by atoms with Gasteiger partial charge in [-0.2, -0.15) is 0 Å². The molecule has 23 heavy (non-hydrogen) atoms. The lowest BCUT2D eigenvalue weighted by atomic mass is 9.96. The first-order valence-corrected chi connectivity index (χ1v) is 8.36.